The van der Waals surface area contributed by atoms with E-state index in [2.05, 4.69) is 0 Å². The zero-order valence-corrected chi connectivity index (χ0v) is 20.4. The Morgan fingerprint density at radius 2 is 1.75 bits per heavy atom. The number of hydrogen-bond acceptors (Lipinski definition) is 6. The molecule has 7 heteroatoms. The van der Waals surface area contributed by atoms with Gasteiger partial charge in [-0.25, -0.2) is 0 Å². The van der Waals surface area contributed by atoms with E-state index in [-0.39, 0.29) is 11.2 Å². The van der Waals surface area contributed by atoms with Crippen molar-refractivity contribution in [2.24, 2.45) is 0 Å². The Morgan fingerprint density at radius 1 is 0.917 bits per heavy atom. The van der Waals surface area contributed by atoms with E-state index in [4.69, 9.17) is 18.6 Å². The largest absolute Gasteiger partial charge is 0.497 e. The number of amides is 1. The molecule has 184 valence electrons. The predicted octanol–water partition coefficient (Wildman–Crippen LogP) is 5.74. The summed E-state index contributed by atoms with van der Waals surface area (Å²) >= 11 is 0. The molecule has 0 radical (unpaired) electrons. The number of benzene rings is 3. The van der Waals surface area contributed by atoms with Crippen molar-refractivity contribution in [2.75, 3.05) is 25.2 Å². The summed E-state index contributed by atoms with van der Waals surface area (Å²) in [4.78, 5) is 29.1. The van der Waals surface area contributed by atoms with Crippen LogP contribution in [0.5, 0.6) is 17.2 Å². The van der Waals surface area contributed by atoms with E-state index in [9.17, 15) is 9.59 Å². The average molecular weight is 486 g/mol. The molecule has 1 aromatic heterocycles. The fraction of sp³-hybridized carbons (Fsp3) is 0.241. The summed E-state index contributed by atoms with van der Waals surface area (Å²) in [6.45, 7) is 4.92. The van der Waals surface area contributed by atoms with E-state index >= 15 is 0 Å². The molecule has 4 aromatic rings. The summed E-state index contributed by atoms with van der Waals surface area (Å²) in [5.74, 6) is 1.41. The van der Waals surface area contributed by atoms with Crippen molar-refractivity contribution in [3.05, 3.63) is 93.8 Å². The maximum absolute atomic E-state index is 13.8. The third-order valence-electron chi connectivity index (χ3n) is 6.15. The molecular formula is C29H27NO6. The second-order valence-electron chi connectivity index (χ2n) is 8.44. The van der Waals surface area contributed by atoms with Gasteiger partial charge in [0.25, 0.3) is 5.91 Å². The first-order valence-electron chi connectivity index (χ1n) is 12.0. The Labute approximate surface area is 208 Å². The maximum atomic E-state index is 13.8. The van der Waals surface area contributed by atoms with Gasteiger partial charge in [0.1, 0.15) is 11.3 Å². The molecule has 5 rings (SSSR count). The molecule has 2 heterocycles. The van der Waals surface area contributed by atoms with Crippen molar-refractivity contribution in [1.29, 1.82) is 0 Å². The van der Waals surface area contributed by atoms with Crippen LogP contribution in [0.3, 0.4) is 0 Å². The zero-order valence-electron chi connectivity index (χ0n) is 20.4. The van der Waals surface area contributed by atoms with Gasteiger partial charge in [0, 0.05) is 11.8 Å². The van der Waals surface area contributed by atoms with Crippen LogP contribution in [0.1, 0.15) is 48.0 Å². The van der Waals surface area contributed by atoms with Crippen molar-refractivity contribution < 1.29 is 23.4 Å². The summed E-state index contributed by atoms with van der Waals surface area (Å²) < 4.78 is 23.2. The lowest BCUT2D eigenvalue weighted by Crippen LogP contribution is -2.29. The number of anilines is 1. The fourth-order valence-corrected chi connectivity index (χ4v) is 4.56. The molecule has 0 saturated heterocycles. The monoisotopic (exact) mass is 485 g/mol. The van der Waals surface area contributed by atoms with Gasteiger partial charge >= 0.3 is 0 Å². The number of ether oxygens (including phenoxy) is 3. The Balaban J connectivity index is 1.74. The molecule has 1 unspecified atom stereocenters. The van der Waals surface area contributed by atoms with Gasteiger partial charge in [-0.1, -0.05) is 31.2 Å². The molecule has 1 amide bonds. The number of methoxy groups -OCH3 is 1. The topological polar surface area (TPSA) is 78.2 Å². The first kappa shape index (κ1) is 23.5. The lowest BCUT2D eigenvalue weighted by atomic mass is 9.97. The highest BCUT2D eigenvalue weighted by Crippen LogP contribution is 2.43. The van der Waals surface area contributed by atoms with Gasteiger partial charge in [-0.2, -0.15) is 0 Å². The molecular weight excluding hydrogens is 458 g/mol. The smallest absolute Gasteiger partial charge is 0.295 e. The van der Waals surface area contributed by atoms with Crippen LogP contribution < -0.4 is 24.5 Å². The lowest BCUT2D eigenvalue weighted by molar-refractivity contribution is 0.0971. The minimum absolute atomic E-state index is 0.0378. The second kappa shape index (κ2) is 9.77. The van der Waals surface area contributed by atoms with Gasteiger partial charge in [-0.15, -0.1) is 0 Å². The molecule has 0 bridgehead atoms. The molecule has 36 heavy (non-hydrogen) atoms. The standard InChI is InChI=1S/C29H27NO6/c1-4-15-35-23-14-13-18(16-24(23)34-5-2)26-25-27(31)21-11-6-7-12-22(21)36-28(25)29(32)30(26)19-9-8-10-20(17-19)33-3/h6-14,16-17,26H,4-5,15H2,1-3H3. The van der Waals surface area contributed by atoms with Crippen LogP contribution >= 0.6 is 0 Å². The molecule has 0 N–H and O–H groups in total. The predicted molar refractivity (Wildman–Crippen MR) is 138 cm³/mol. The molecule has 0 spiro atoms. The van der Waals surface area contributed by atoms with Crippen molar-refractivity contribution in [1.82, 2.24) is 0 Å². The summed E-state index contributed by atoms with van der Waals surface area (Å²) in [6, 6.07) is 19.0. The van der Waals surface area contributed by atoms with Crippen molar-refractivity contribution in [3.63, 3.8) is 0 Å². The molecule has 1 aliphatic heterocycles. The molecule has 7 nitrogen and oxygen atoms in total. The van der Waals surface area contributed by atoms with E-state index in [0.29, 0.717) is 58.2 Å². The van der Waals surface area contributed by atoms with Gasteiger partial charge in [0.15, 0.2) is 16.9 Å². The van der Waals surface area contributed by atoms with E-state index in [1.54, 1.807) is 54.5 Å². The number of carbonyl (C=O) groups is 1. The van der Waals surface area contributed by atoms with Crippen LogP contribution in [0.25, 0.3) is 11.0 Å². The first-order chi connectivity index (χ1) is 17.6. The Hall–Kier alpha value is -4.26. The Bertz CT molecular complexity index is 1490. The van der Waals surface area contributed by atoms with Crippen molar-refractivity contribution >= 4 is 22.6 Å². The van der Waals surface area contributed by atoms with Gasteiger partial charge in [-0.05, 0) is 55.3 Å². The van der Waals surface area contributed by atoms with Gasteiger partial charge in [0.05, 0.1) is 37.3 Å². The van der Waals surface area contributed by atoms with Crippen LogP contribution in [0.4, 0.5) is 5.69 Å². The third kappa shape index (κ3) is 3.96. The van der Waals surface area contributed by atoms with Crippen LogP contribution in [0.15, 0.2) is 75.9 Å². The van der Waals surface area contributed by atoms with Gasteiger partial charge < -0.3 is 18.6 Å². The lowest BCUT2D eigenvalue weighted by Gasteiger charge is -2.26. The van der Waals surface area contributed by atoms with Crippen LogP contribution in [0.2, 0.25) is 0 Å². The third-order valence-corrected chi connectivity index (χ3v) is 6.15. The quantitative estimate of drug-likeness (QED) is 0.317. The number of carbonyl (C=O) groups excluding carboxylic acids is 1. The molecule has 0 aliphatic carbocycles. The highest BCUT2D eigenvalue weighted by atomic mass is 16.5. The maximum Gasteiger partial charge on any atom is 0.295 e. The molecule has 1 aliphatic rings. The minimum atomic E-state index is -0.722. The van der Waals surface area contributed by atoms with Crippen molar-refractivity contribution in [2.45, 2.75) is 26.3 Å². The van der Waals surface area contributed by atoms with Crippen LogP contribution in [0, 0.1) is 0 Å². The second-order valence-corrected chi connectivity index (χ2v) is 8.44. The van der Waals surface area contributed by atoms with Gasteiger partial charge in [0.2, 0.25) is 5.76 Å². The van der Waals surface area contributed by atoms with Crippen LogP contribution in [-0.4, -0.2) is 26.2 Å². The number of para-hydroxylation sites is 1. The molecule has 1 atom stereocenters. The van der Waals surface area contributed by atoms with E-state index in [1.165, 1.54) is 0 Å². The number of nitrogens with zero attached hydrogens (tertiary/aromatic N) is 1. The summed E-state index contributed by atoms with van der Waals surface area (Å²) in [6.07, 6.45) is 0.857. The van der Waals surface area contributed by atoms with Crippen LogP contribution in [-0.2, 0) is 0 Å². The summed E-state index contributed by atoms with van der Waals surface area (Å²) in [5.41, 5.74) is 1.73. The highest BCUT2D eigenvalue weighted by Gasteiger charge is 2.44. The van der Waals surface area contributed by atoms with Crippen molar-refractivity contribution in [3.8, 4) is 17.2 Å². The summed E-state index contributed by atoms with van der Waals surface area (Å²) in [5, 5.41) is 0.425. The van der Waals surface area contributed by atoms with E-state index < -0.39 is 11.9 Å². The van der Waals surface area contributed by atoms with E-state index in [0.717, 1.165) is 6.42 Å². The molecule has 3 aromatic carbocycles. The normalized spacial score (nSPS) is 14.7. The fourth-order valence-electron chi connectivity index (χ4n) is 4.56. The SMILES string of the molecule is CCCOc1ccc(C2c3c(oc4ccccc4c3=O)C(=O)N2c2cccc(OC)c2)cc1OCC. The Morgan fingerprint density at radius 3 is 2.53 bits per heavy atom. The minimum Gasteiger partial charge on any atom is -0.497 e. The Kier molecular flexibility index (Phi) is 6.38. The first-order valence-corrected chi connectivity index (χ1v) is 12.0. The van der Waals surface area contributed by atoms with Gasteiger partial charge in [-0.3, -0.25) is 14.5 Å². The number of rotatable bonds is 8. The number of fused-ring (bicyclic) bond motifs is 2. The highest BCUT2D eigenvalue weighted by molar-refractivity contribution is 6.10. The molecule has 0 fully saturated rings. The average Bonchev–Trinajstić information content (AvgIpc) is 3.20. The number of hydrogen-bond donors (Lipinski definition) is 0. The zero-order chi connectivity index (χ0) is 25.2. The molecule has 0 saturated carbocycles. The van der Waals surface area contributed by atoms with E-state index in [1.807, 2.05) is 38.1 Å². The summed E-state index contributed by atoms with van der Waals surface area (Å²) in [7, 11) is 1.57.